The molecular weight excluding hydrogens is 368 g/mol. The van der Waals surface area contributed by atoms with E-state index in [2.05, 4.69) is 10.0 Å². The number of nitrogens with one attached hydrogen (secondary N) is 2. The van der Waals surface area contributed by atoms with Crippen LogP contribution in [0.25, 0.3) is 0 Å². The Morgan fingerprint density at radius 3 is 2.50 bits per heavy atom. The molecule has 0 atom stereocenters. The van der Waals surface area contributed by atoms with E-state index in [9.17, 15) is 13.2 Å². The fourth-order valence-electron chi connectivity index (χ4n) is 2.31. The molecule has 0 aliphatic carbocycles. The van der Waals surface area contributed by atoms with E-state index in [0.717, 1.165) is 10.4 Å². The van der Waals surface area contributed by atoms with E-state index < -0.39 is 10.0 Å². The van der Waals surface area contributed by atoms with E-state index in [-0.39, 0.29) is 22.9 Å². The lowest BCUT2D eigenvalue weighted by Gasteiger charge is -2.09. The van der Waals surface area contributed by atoms with Crippen molar-refractivity contribution in [1.82, 2.24) is 4.72 Å². The van der Waals surface area contributed by atoms with Gasteiger partial charge in [-0.2, -0.15) is 0 Å². The molecule has 3 rings (SSSR count). The summed E-state index contributed by atoms with van der Waals surface area (Å²) in [7, 11) is -3.69. The van der Waals surface area contributed by atoms with E-state index in [0.29, 0.717) is 5.69 Å². The van der Waals surface area contributed by atoms with Gasteiger partial charge in [-0.3, -0.25) is 4.79 Å². The average molecular weight is 386 g/mol. The number of carbonyl (C=O) groups is 1. The van der Waals surface area contributed by atoms with Gasteiger partial charge < -0.3 is 5.32 Å². The number of thiophene rings is 1. The summed E-state index contributed by atoms with van der Waals surface area (Å²) in [6.45, 7) is 2.18. The molecule has 2 aromatic carbocycles. The van der Waals surface area contributed by atoms with Crippen LogP contribution < -0.4 is 10.0 Å². The third-order valence-electron chi connectivity index (χ3n) is 3.73. The molecular formula is C19H18N2O3S2. The number of rotatable bonds is 6. The first-order valence-electron chi connectivity index (χ1n) is 7.94. The Morgan fingerprint density at radius 1 is 1.04 bits per heavy atom. The fraction of sp³-hybridized carbons (Fsp3) is 0.105. The third-order valence-corrected chi connectivity index (χ3v) is 6.01. The molecule has 0 bridgehead atoms. The van der Waals surface area contributed by atoms with Gasteiger partial charge >= 0.3 is 0 Å². The van der Waals surface area contributed by atoms with Crippen molar-refractivity contribution in [2.45, 2.75) is 18.4 Å². The monoisotopic (exact) mass is 386 g/mol. The highest BCUT2D eigenvalue weighted by Gasteiger charge is 2.16. The fourth-order valence-corrected chi connectivity index (χ4v) is 4.10. The normalized spacial score (nSPS) is 11.3. The molecule has 0 saturated heterocycles. The zero-order chi connectivity index (χ0) is 18.6. The number of hydrogen-bond acceptors (Lipinski definition) is 4. The molecule has 2 N–H and O–H groups in total. The Kier molecular flexibility index (Phi) is 5.51. The van der Waals surface area contributed by atoms with Crippen LogP contribution in [-0.2, 0) is 16.6 Å². The first-order chi connectivity index (χ1) is 12.4. The molecule has 134 valence electrons. The van der Waals surface area contributed by atoms with Crippen LogP contribution in [0.15, 0.2) is 70.9 Å². The van der Waals surface area contributed by atoms with Crippen LogP contribution in [-0.4, -0.2) is 14.3 Å². The van der Waals surface area contributed by atoms with Crippen molar-refractivity contribution < 1.29 is 13.2 Å². The highest BCUT2D eigenvalue weighted by molar-refractivity contribution is 7.89. The minimum absolute atomic E-state index is 0.0608. The summed E-state index contributed by atoms with van der Waals surface area (Å²) in [5.41, 5.74) is 2.03. The predicted octanol–water partition coefficient (Wildman–Crippen LogP) is 3.79. The van der Waals surface area contributed by atoms with E-state index in [1.165, 1.54) is 23.5 Å². The van der Waals surface area contributed by atoms with Crippen molar-refractivity contribution in [2.75, 3.05) is 5.32 Å². The lowest BCUT2D eigenvalue weighted by atomic mass is 10.2. The van der Waals surface area contributed by atoms with Gasteiger partial charge in [-0.15, -0.1) is 11.3 Å². The van der Waals surface area contributed by atoms with Crippen LogP contribution in [0.3, 0.4) is 0 Å². The standard InChI is InChI=1S/C19H18N2O3S2/c1-14-7-9-16(10-8-14)21-19(22)15-4-2-6-18(12-15)26(23,24)20-13-17-5-3-11-25-17/h2-12,20H,13H2,1H3,(H,21,22). The Bertz CT molecular complexity index is 996. The summed E-state index contributed by atoms with van der Waals surface area (Å²) in [5, 5.41) is 4.65. The summed E-state index contributed by atoms with van der Waals surface area (Å²) < 4.78 is 27.5. The predicted molar refractivity (Wildman–Crippen MR) is 104 cm³/mol. The molecule has 0 saturated carbocycles. The van der Waals surface area contributed by atoms with E-state index in [4.69, 9.17) is 0 Å². The smallest absolute Gasteiger partial charge is 0.255 e. The van der Waals surface area contributed by atoms with Gasteiger partial charge in [0.05, 0.1) is 4.90 Å². The Hall–Kier alpha value is -2.48. The molecule has 3 aromatic rings. The van der Waals surface area contributed by atoms with Gasteiger partial charge in [0.2, 0.25) is 10.0 Å². The topological polar surface area (TPSA) is 75.3 Å². The number of anilines is 1. The maximum absolute atomic E-state index is 12.5. The molecule has 0 spiro atoms. The van der Waals surface area contributed by atoms with Crippen molar-refractivity contribution in [3.63, 3.8) is 0 Å². The molecule has 0 aliphatic heterocycles. The quantitative estimate of drug-likeness (QED) is 0.677. The van der Waals surface area contributed by atoms with Crippen LogP contribution in [0.5, 0.6) is 0 Å². The van der Waals surface area contributed by atoms with Gasteiger partial charge in [-0.1, -0.05) is 29.8 Å². The first-order valence-corrected chi connectivity index (χ1v) is 10.3. The highest BCUT2D eigenvalue weighted by atomic mass is 32.2. The lowest BCUT2D eigenvalue weighted by molar-refractivity contribution is 0.102. The largest absolute Gasteiger partial charge is 0.322 e. The number of hydrogen-bond donors (Lipinski definition) is 2. The molecule has 1 heterocycles. The van der Waals surface area contributed by atoms with Crippen LogP contribution in [0.1, 0.15) is 20.8 Å². The number of sulfonamides is 1. The summed E-state index contributed by atoms with van der Waals surface area (Å²) >= 11 is 1.48. The summed E-state index contributed by atoms with van der Waals surface area (Å²) in [4.78, 5) is 13.4. The number of amides is 1. The van der Waals surface area contributed by atoms with Gasteiger partial charge in [0.1, 0.15) is 0 Å². The van der Waals surface area contributed by atoms with Crippen LogP contribution in [0.4, 0.5) is 5.69 Å². The van der Waals surface area contributed by atoms with Gasteiger partial charge in [-0.25, -0.2) is 13.1 Å². The zero-order valence-corrected chi connectivity index (χ0v) is 15.7. The number of benzene rings is 2. The average Bonchev–Trinajstić information content (AvgIpc) is 3.16. The van der Waals surface area contributed by atoms with Crippen LogP contribution in [0.2, 0.25) is 0 Å². The molecule has 26 heavy (non-hydrogen) atoms. The summed E-state index contributed by atoms with van der Waals surface area (Å²) in [5.74, 6) is -0.357. The maximum atomic E-state index is 12.5. The molecule has 0 unspecified atom stereocenters. The number of carbonyl (C=O) groups excluding carboxylic acids is 1. The van der Waals surface area contributed by atoms with Crippen LogP contribution >= 0.6 is 11.3 Å². The first kappa shape index (κ1) is 18.3. The molecule has 1 amide bonds. The minimum Gasteiger partial charge on any atom is -0.322 e. The number of aryl methyl sites for hydroxylation is 1. The minimum atomic E-state index is -3.69. The van der Waals surface area contributed by atoms with Crippen molar-refractivity contribution in [1.29, 1.82) is 0 Å². The van der Waals surface area contributed by atoms with Crippen LogP contribution in [0, 0.1) is 6.92 Å². The van der Waals surface area contributed by atoms with Crippen molar-refractivity contribution in [3.05, 3.63) is 82.0 Å². The second-order valence-corrected chi connectivity index (χ2v) is 8.55. The summed E-state index contributed by atoms with van der Waals surface area (Å²) in [6, 6.07) is 17.1. The second-order valence-electron chi connectivity index (χ2n) is 5.75. The van der Waals surface area contributed by atoms with Gasteiger partial charge in [0.25, 0.3) is 5.91 Å². The molecule has 0 fully saturated rings. The van der Waals surface area contributed by atoms with Crippen molar-refractivity contribution in [2.24, 2.45) is 0 Å². The third kappa shape index (κ3) is 4.57. The van der Waals surface area contributed by atoms with Gasteiger partial charge in [0, 0.05) is 22.7 Å². The Labute approximate surface area is 156 Å². The molecule has 0 radical (unpaired) electrons. The van der Waals surface area contributed by atoms with Gasteiger partial charge in [-0.05, 0) is 48.7 Å². The molecule has 5 nitrogen and oxygen atoms in total. The zero-order valence-electron chi connectivity index (χ0n) is 14.1. The molecule has 7 heteroatoms. The van der Waals surface area contributed by atoms with E-state index >= 15 is 0 Å². The molecule has 0 aliphatic rings. The maximum Gasteiger partial charge on any atom is 0.255 e. The molecule has 1 aromatic heterocycles. The van der Waals surface area contributed by atoms with Crippen molar-refractivity contribution >= 4 is 33.0 Å². The highest BCUT2D eigenvalue weighted by Crippen LogP contribution is 2.16. The lowest BCUT2D eigenvalue weighted by Crippen LogP contribution is -2.23. The van der Waals surface area contributed by atoms with Gasteiger partial charge in [0.15, 0.2) is 0 Å². The SMILES string of the molecule is Cc1ccc(NC(=O)c2cccc(S(=O)(=O)NCc3cccs3)c2)cc1. The Morgan fingerprint density at radius 2 is 1.81 bits per heavy atom. The van der Waals surface area contributed by atoms with Crippen molar-refractivity contribution in [3.8, 4) is 0 Å². The van der Waals surface area contributed by atoms with E-state index in [1.807, 2.05) is 36.6 Å². The second kappa shape index (κ2) is 7.82. The Balaban J connectivity index is 1.74. The van der Waals surface area contributed by atoms with E-state index in [1.54, 1.807) is 24.3 Å². The summed E-state index contributed by atoms with van der Waals surface area (Å²) in [6.07, 6.45) is 0.